The van der Waals surface area contributed by atoms with Gasteiger partial charge in [0.25, 0.3) is 0 Å². The Bertz CT molecular complexity index is 580. The van der Waals surface area contributed by atoms with E-state index in [-0.39, 0.29) is 6.61 Å². The number of aliphatic carboxylic acids is 1. The summed E-state index contributed by atoms with van der Waals surface area (Å²) in [5, 5.41) is 14.9. The average Bonchev–Trinajstić information content (AvgIpc) is 2.93. The van der Waals surface area contributed by atoms with E-state index in [1.54, 1.807) is 35.3 Å². The van der Waals surface area contributed by atoms with Crippen molar-refractivity contribution < 1.29 is 19.4 Å². The van der Waals surface area contributed by atoms with Crippen molar-refractivity contribution in [2.75, 3.05) is 18.5 Å². The molecule has 104 valence electrons. The highest BCUT2D eigenvalue weighted by Crippen LogP contribution is 2.11. The van der Waals surface area contributed by atoms with Crippen molar-refractivity contribution in [1.82, 2.24) is 14.8 Å². The molecule has 8 nitrogen and oxygen atoms in total. The number of nitrogens with one attached hydrogen (secondary N) is 1. The number of hydrogen-bond acceptors (Lipinski definition) is 5. The van der Waals surface area contributed by atoms with E-state index in [1.807, 2.05) is 0 Å². The molecule has 1 heterocycles. The number of hydrogen-bond donors (Lipinski definition) is 2. The molecule has 0 bridgehead atoms. The van der Waals surface area contributed by atoms with E-state index >= 15 is 0 Å². The Morgan fingerprint density at radius 3 is 2.60 bits per heavy atom. The second-order valence-corrected chi connectivity index (χ2v) is 3.82. The van der Waals surface area contributed by atoms with Gasteiger partial charge in [0, 0.05) is 5.69 Å². The monoisotopic (exact) mass is 276 g/mol. The minimum atomic E-state index is -1.12. The number of carboxylic acids is 1. The molecule has 0 unspecified atom stereocenters. The first-order valence-corrected chi connectivity index (χ1v) is 5.69. The van der Waals surface area contributed by atoms with Crippen LogP contribution in [0.4, 0.5) is 5.69 Å². The SMILES string of the molecule is O=C(O)COCC(=O)Nc1ccc(-n2cncn2)cc1. The lowest BCUT2D eigenvalue weighted by atomic mass is 10.3. The fraction of sp³-hybridized carbons (Fsp3) is 0.167. The molecular weight excluding hydrogens is 264 g/mol. The van der Waals surface area contributed by atoms with Gasteiger partial charge in [-0.05, 0) is 24.3 Å². The molecule has 2 rings (SSSR count). The Hall–Kier alpha value is -2.74. The second-order valence-electron chi connectivity index (χ2n) is 3.82. The maximum Gasteiger partial charge on any atom is 0.329 e. The summed E-state index contributed by atoms with van der Waals surface area (Å²) in [5.74, 6) is -1.53. The predicted molar refractivity (Wildman–Crippen MR) is 68.4 cm³/mol. The van der Waals surface area contributed by atoms with Gasteiger partial charge >= 0.3 is 5.97 Å². The van der Waals surface area contributed by atoms with Crippen LogP contribution in [0.5, 0.6) is 0 Å². The molecule has 0 aliphatic carbocycles. The summed E-state index contributed by atoms with van der Waals surface area (Å²) < 4.78 is 6.26. The molecule has 2 aromatic rings. The van der Waals surface area contributed by atoms with Gasteiger partial charge in [0.15, 0.2) is 0 Å². The molecule has 1 aromatic carbocycles. The smallest absolute Gasteiger partial charge is 0.329 e. The summed E-state index contributed by atoms with van der Waals surface area (Å²) in [6, 6.07) is 6.93. The summed E-state index contributed by atoms with van der Waals surface area (Å²) >= 11 is 0. The van der Waals surface area contributed by atoms with Crippen molar-refractivity contribution in [3.8, 4) is 5.69 Å². The quantitative estimate of drug-likeness (QED) is 0.786. The zero-order chi connectivity index (χ0) is 14.4. The first-order valence-electron chi connectivity index (χ1n) is 5.69. The summed E-state index contributed by atoms with van der Waals surface area (Å²) in [6.07, 6.45) is 2.99. The topological polar surface area (TPSA) is 106 Å². The second kappa shape index (κ2) is 6.43. The first-order chi connectivity index (χ1) is 9.65. The third-order valence-electron chi connectivity index (χ3n) is 2.29. The zero-order valence-electron chi connectivity index (χ0n) is 10.4. The number of carbonyl (C=O) groups excluding carboxylic acids is 1. The van der Waals surface area contributed by atoms with E-state index in [2.05, 4.69) is 20.1 Å². The van der Waals surface area contributed by atoms with Gasteiger partial charge in [0.1, 0.15) is 25.9 Å². The number of aromatic nitrogens is 3. The first kappa shape index (κ1) is 13.7. The lowest BCUT2D eigenvalue weighted by Crippen LogP contribution is -2.20. The Balaban J connectivity index is 1.87. The third-order valence-corrected chi connectivity index (χ3v) is 2.29. The number of ether oxygens (including phenoxy) is 1. The Morgan fingerprint density at radius 1 is 1.25 bits per heavy atom. The molecule has 8 heteroatoms. The number of rotatable bonds is 6. The molecule has 0 atom stereocenters. The lowest BCUT2D eigenvalue weighted by molar-refractivity contribution is -0.143. The zero-order valence-corrected chi connectivity index (χ0v) is 10.4. The summed E-state index contributed by atoms with van der Waals surface area (Å²) in [4.78, 5) is 25.5. The van der Waals surface area contributed by atoms with Crippen molar-refractivity contribution in [1.29, 1.82) is 0 Å². The summed E-state index contributed by atoms with van der Waals surface area (Å²) in [7, 11) is 0. The van der Waals surface area contributed by atoms with E-state index in [1.165, 1.54) is 6.33 Å². The molecule has 1 aromatic heterocycles. The van der Waals surface area contributed by atoms with Gasteiger partial charge in [-0.15, -0.1) is 0 Å². The van der Waals surface area contributed by atoms with Crippen molar-refractivity contribution in [3.05, 3.63) is 36.9 Å². The number of amides is 1. The van der Waals surface area contributed by atoms with Gasteiger partial charge in [0.2, 0.25) is 5.91 Å². The maximum atomic E-state index is 11.5. The van der Waals surface area contributed by atoms with Gasteiger partial charge in [-0.1, -0.05) is 0 Å². The molecule has 0 saturated carbocycles. The number of carboxylic acid groups (broad SMARTS) is 1. The van der Waals surface area contributed by atoms with E-state index in [0.717, 1.165) is 5.69 Å². The van der Waals surface area contributed by atoms with Crippen LogP contribution in [-0.4, -0.2) is 45.0 Å². The van der Waals surface area contributed by atoms with E-state index in [4.69, 9.17) is 5.11 Å². The van der Waals surface area contributed by atoms with Crippen LogP contribution in [0, 0.1) is 0 Å². The van der Waals surface area contributed by atoms with Crippen molar-refractivity contribution in [3.63, 3.8) is 0 Å². The number of benzene rings is 1. The number of anilines is 1. The summed E-state index contributed by atoms with van der Waals surface area (Å²) in [6.45, 7) is -0.810. The minimum absolute atomic E-state index is 0.308. The summed E-state index contributed by atoms with van der Waals surface area (Å²) in [5.41, 5.74) is 1.39. The van der Waals surface area contributed by atoms with Crippen molar-refractivity contribution in [2.24, 2.45) is 0 Å². The van der Waals surface area contributed by atoms with Crippen LogP contribution in [-0.2, 0) is 14.3 Å². The highest BCUT2D eigenvalue weighted by atomic mass is 16.5. The molecule has 0 saturated heterocycles. The van der Waals surface area contributed by atoms with Gasteiger partial charge < -0.3 is 15.2 Å². The average molecular weight is 276 g/mol. The van der Waals surface area contributed by atoms with Crippen LogP contribution in [0.3, 0.4) is 0 Å². The fourth-order valence-corrected chi connectivity index (χ4v) is 1.47. The standard InChI is InChI=1S/C12H12N4O4/c17-11(5-20-6-12(18)19)15-9-1-3-10(4-2-9)16-8-13-7-14-16/h1-4,7-8H,5-6H2,(H,15,17)(H,18,19). The Kier molecular flexibility index (Phi) is 4.40. The predicted octanol–water partition coefficient (Wildman–Crippen LogP) is 0.307. The highest BCUT2D eigenvalue weighted by molar-refractivity contribution is 5.91. The van der Waals surface area contributed by atoms with E-state index < -0.39 is 18.5 Å². The number of carbonyl (C=O) groups is 2. The molecule has 0 aliphatic heterocycles. The minimum Gasteiger partial charge on any atom is -0.480 e. The molecule has 1 amide bonds. The molecule has 0 radical (unpaired) electrons. The molecule has 2 N–H and O–H groups in total. The van der Waals surface area contributed by atoms with Gasteiger partial charge in [-0.25, -0.2) is 14.5 Å². The molecule has 0 spiro atoms. The Morgan fingerprint density at radius 2 is 2.00 bits per heavy atom. The van der Waals surface area contributed by atoms with E-state index in [9.17, 15) is 9.59 Å². The Labute approximate surface area is 114 Å². The largest absolute Gasteiger partial charge is 0.480 e. The van der Waals surface area contributed by atoms with Crippen LogP contribution in [0.15, 0.2) is 36.9 Å². The van der Waals surface area contributed by atoms with E-state index in [0.29, 0.717) is 5.69 Å². The molecule has 0 aliphatic rings. The molecular formula is C12H12N4O4. The normalized spacial score (nSPS) is 10.2. The van der Waals surface area contributed by atoms with Crippen LogP contribution < -0.4 is 5.32 Å². The van der Waals surface area contributed by atoms with Crippen LogP contribution in [0.25, 0.3) is 5.69 Å². The number of nitrogens with zero attached hydrogens (tertiary/aromatic N) is 3. The van der Waals surface area contributed by atoms with Gasteiger partial charge in [-0.3, -0.25) is 4.79 Å². The highest BCUT2D eigenvalue weighted by Gasteiger charge is 2.05. The van der Waals surface area contributed by atoms with Crippen LogP contribution in [0.1, 0.15) is 0 Å². The molecule has 20 heavy (non-hydrogen) atoms. The maximum absolute atomic E-state index is 11.5. The van der Waals surface area contributed by atoms with Crippen LogP contribution in [0.2, 0.25) is 0 Å². The fourth-order valence-electron chi connectivity index (χ4n) is 1.47. The van der Waals surface area contributed by atoms with Crippen LogP contribution >= 0.6 is 0 Å². The van der Waals surface area contributed by atoms with Crippen molar-refractivity contribution >= 4 is 17.6 Å². The van der Waals surface area contributed by atoms with Crippen molar-refractivity contribution in [2.45, 2.75) is 0 Å². The lowest BCUT2D eigenvalue weighted by Gasteiger charge is -2.06. The molecule has 0 fully saturated rings. The van der Waals surface area contributed by atoms with Gasteiger partial charge in [0.05, 0.1) is 5.69 Å². The third kappa shape index (κ3) is 3.89. The van der Waals surface area contributed by atoms with Gasteiger partial charge in [-0.2, -0.15) is 5.10 Å².